The first-order valence-corrected chi connectivity index (χ1v) is 25.0. The summed E-state index contributed by atoms with van der Waals surface area (Å²) in [7, 11) is 0. The van der Waals surface area contributed by atoms with Crippen LogP contribution < -0.4 is 9.80 Å². The van der Waals surface area contributed by atoms with Crippen LogP contribution in [0.15, 0.2) is 30.0 Å². The number of amides is 3. The Kier molecular flexibility index (Phi) is 6.39. The molecule has 13 heteroatoms. The normalized spacial score (nSPS) is 43.0. The number of carbonyl (C=O) groups is 4. The summed E-state index contributed by atoms with van der Waals surface area (Å²) < 4.78 is 14.8. The second-order valence-electron chi connectivity index (χ2n) is 25.5. The summed E-state index contributed by atoms with van der Waals surface area (Å²) in [6.45, 7) is 17.9. The molecule has 4 bridgehead atoms. The van der Waals surface area contributed by atoms with Gasteiger partial charge in [-0.25, -0.2) is 0 Å². The number of nitrogens with zero attached hydrogens (tertiary/aromatic N) is 5. The largest absolute Gasteiger partial charge is 0.487 e. The van der Waals surface area contributed by atoms with E-state index in [9.17, 15) is 10.4 Å². The molecule has 0 radical (unpaired) electrons. The number of ether oxygens (including phenoxy) is 2. The lowest BCUT2D eigenvalue weighted by molar-refractivity contribution is -0.228. The molecule has 3 amide bonds. The second-order valence-corrected chi connectivity index (χ2v) is 25.5. The Hall–Kier alpha value is -4.78. The number of fused-ring (bicyclic) bond motifs is 9. The maximum absolute atomic E-state index is 16.8. The van der Waals surface area contributed by atoms with Crippen molar-refractivity contribution >= 4 is 34.8 Å². The third kappa shape index (κ3) is 3.54. The van der Waals surface area contributed by atoms with Crippen LogP contribution in [0.3, 0.4) is 0 Å². The number of carbonyl (C=O) groups excluding carboxylic acids is 4. The van der Waals surface area contributed by atoms with E-state index in [4.69, 9.17) is 9.47 Å². The summed E-state index contributed by atoms with van der Waals surface area (Å²) in [4.78, 5) is 71.2. The Morgan fingerprint density at radius 3 is 2.21 bits per heavy atom. The topological polar surface area (TPSA) is 145 Å². The van der Waals surface area contributed by atoms with Crippen LogP contribution in [0.5, 0.6) is 5.75 Å². The van der Waals surface area contributed by atoms with Gasteiger partial charge in [0.25, 0.3) is 0 Å². The molecule has 10 fully saturated rings. The highest BCUT2D eigenvalue weighted by molar-refractivity contribution is 6.11. The van der Waals surface area contributed by atoms with Gasteiger partial charge in [0.1, 0.15) is 39.3 Å². The number of benzene rings is 1. The molecule has 15 aliphatic rings. The number of rotatable bonds is 0. The maximum atomic E-state index is 16.8. The number of hydrogen-bond acceptors (Lipinski definition) is 9. The SMILES string of the molecule is CC1(C)C=CC2=C(CCc3c4c(n(O)c32)C(C)(C)C2CC35CCCN3C(=O)[C@@]23C4C24c6ccc7c(c6N(O)[C@@H]2C(C)(C)C2C[C@@]68CCCN6C(=O)C2(CC8=O)C4N3C5=O)CCC(C)(C)O7)O1. The number of aromatic nitrogens is 1. The molecular formula is C53H61N5O8. The van der Waals surface area contributed by atoms with E-state index in [1.54, 1.807) is 0 Å². The number of hydrogen-bond donors (Lipinski definition) is 2. The molecule has 66 heavy (non-hydrogen) atoms. The van der Waals surface area contributed by atoms with Crippen LogP contribution in [-0.4, -0.2) is 106 Å². The van der Waals surface area contributed by atoms with E-state index in [1.165, 1.54) is 9.79 Å². The van der Waals surface area contributed by atoms with Crippen molar-refractivity contribution < 1.29 is 39.1 Å². The van der Waals surface area contributed by atoms with Crippen LogP contribution in [-0.2, 0) is 47.6 Å². The smallest absolute Gasteiger partial charge is 0.250 e. The summed E-state index contributed by atoms with van der Waals surface area (Å²) in [6, 6.07) is 2.42. The lowest BCUT2D eigenvalue weighted by atomic mass is 9.35. The third-order valence-electron chi connectivity index (χ3n) is 21.4. The minimum atomic E-state index is -1.51. The van der Waals surface area contributed by atoms with Crippen LogP contribution in [0.4, 0.5) is 5.69 Å². The summed E-state index contributed by atoms with van der Waals surface area (Å²) in [5.41, 5.74) is -2.63. The minimum absolute atomic E-state index is 0.00967. The standard InChI is InChI=1S/C53H61N5O8/c1-45(2)19-15-26-30(65-45)13-11-28-35-38-52-29-12-14-31-27(16-20-46(3,4)66-31)37(29)58(64)40(52)48(7,8)32-23-49-17-9-21-54(49)43(61)51(32,25-34(49)59)41(52)56-42(60)50-18-10-22-55(50)44(62)53(38,56)33(24-50)47(5,6)39(35)57(63)36(26)28/h12,14-15,19,32-33,38,40-41,63-64H,9-11,13,16-18,20-25H2,1-8H3/t32?,33?,38?,40-,41?,49-,50?,51?,52?,53+/m1/s1. The first-order valence-electron chi connectivity index (χ1n) is 25.0. The number of ketones is 1. The molecule has 12 heterocycles. The maximum Gasteiger partial charge on any atom is 0.250 e. The first kappa shape index (κ1) is 39.2. The van der Waals surface area contributed by atoms with E-state index in [1.807, 2.05) is 40.7 Å². The van der Waals surface area contributed by atoms with Gasteiger partial charge in [-0.05, 0) is 132 Å². The zero-order valence-corrected chi connectivity index (χ0v) is 39.5. The van der Waals surface area contributed by atoms with Gasteiger partial charge in [-0.1, -0.05) is 33.8 Å². The Morgan fingerprint density at radius 1 is 0.742 bits per heavy atom. The average Bonchev–Trinajstić information content (AvgIpc) is 4.05. The van der Waals surface area contributed by atoms with Gasteiger partial charge in [0, 0.05) is 54.3 Å². The number of anilines is 1. The third-order valence-corrected chi connectivity index (χ3v) is 21.4. The average molecular weight is 896 g/mol. The molecule has 5 spiro atoms. The van der Waals surface area contributed by atoms with Crippen molar-refractivity contribution in [2.24, 2.45) is 22.7 Å². The van der Waals surface area contributed by atoms with Crippen molar-refractivity contribution in [3.8, 4) is 5.75 Å². The molecule has 4 aliphatic carbocycles. The molecule has 17 rings (SSSR count). The Bertz CT molecular complexity index is 2890. The summed E-state index contributed by atoms with van der Waals surface area (Å²) in [5, 5.41) is 28.4. The number of allylic oxidation sites excluding steroid dienone is 3. The van der Waals surface area contributed by atoms with Crippen molar-refractivity contribution in [2.75, 3.05) is 18.2 Å². The van der Waals surface area contributed by atoms with Crippen molar-refractivity contribution in [1.29, 1.82) is 0 Å². The van der Waals surface area contributed by atoms with Crippen LogP contribution in [0.1, 0.15) is 153 Å². The van der Waals surface area contributed by atoms with Crippen LogP contribution >= 0.6 is 0 Å². The van der Waals surface area contributed by atoms with Gasteiger partial charge in [0.15, 0.2) is 5.78 Å². The summed E-state index contributed by atoms with van der Waals surface area (Å²) in [6.07, 6.45) is 9.98. The number of Topliss-reactive ketones (excluding diaryl/α,β-unsaturated/α-hetero) is 1. The van der Waals surface area contributed by atoms with Crippen molar-refractivity contribution in [2.45, 2.75) is 183 Å². The summed E-state index contributed by atoms with van der Waals surface area (Å²) in [5.74, 6) is -0.352. The highest BCUT2D eigenvalue weighted by atomic mass is 16.5. The molecule has 2 aromatic rings. The lowest BCUT2D eigenvalue weighted by Crippen LogP contribution is -2.87. The van der Waals surface area contributed by atoms with Gasteiger partial charge in [0.05, 0.1) is 40.0 Å². The fraction of sp³-hybridized carbons (Fsp3) is 0.660. The molecule has 1 aromatic carbocycles. The predicted molar refractivity (Wildman–Crippen MR) is 239 cm³/mol. The predicted octanol–water partition coefficient (Wildman–Crippen LogP) is 6.47. The van der Waals surface area contributed by atoms with Crippen molar-refractivity contribution in [3.63, 3.8) is 0 Å². The number of hydroxylamine groups is 1. The Morgan fingerprint density at radius 2 is 1.45 bits per heavy atom. The minimum Gasteiger partial charge on any atom is -0.487 e. The molecule has 10 atom stereocenters. The van der Waals surface area contributed by atoms with Crippen LogP contribution in [0, 0.1) is 22.7 Å². The van der Waals surface area contributed by atoms with E-state index in [0.29, 0.717) is 88.0 Å². The molecule has 2 saturated carbocycles. The molecule has 1 aromatic heterocycles. The Balaban J connectivity index is 1.13. The monoisotopic (exact) mass is 895 g/mol. The van der Waals surface area contributed by atoms with Gasteiger partial charge < -0.3 is 29.4 Å². The quantitative estimate of drug-likeness (QED) is 0.285. The molecule has 2 N–H and O–H groups in total. The molecule has 13 nitrogen and oxygen atoms in total. The van der Waals surface area contributed by atoms with E-state index in [0.717, 1.165) is 45.7 Å². The fourth-order valence-corrected chi connectivity index (χ4v) is 19.6. The molecule has 8 saturated heterocycles. The van der Waals surface area contributed by atoms with Gasteiger partial charge in [0.2, 0.25) is 17.7 Å². The number of piperidine rings is 4. The summed E-state index contributed by atoms with van der Waals surface area (Å²) >= 11 is 0. The Labute approximate surface area is 385 Å². The van der Waals surface area contributed by atoms with Gasteiger partial charge in [-0.3, -0.25) is 29.4 Å². The number of piperazine rings is 1. The molecule has 346 valence electrons. The van der Waals surface area contributed by atoms with E-state index in [2.05, 4.69) is 53.7 Å². The van der Waals surface area contributed by atoms with E-state index >= 15 is 19.2 Å². The first-order chi connectivity index (χ1) is 31.1. The highest BCUT2D eigenvalue weighted by Gasteiger charge is 2.94. The van der Waals surface area contributed by atoms with E-state index < -0.39 is 79.3 Å². The molecular weight excluding hydrogens is 835 g/mol. The molecule has 7 unspecified atom stereocenters. The van der Waals surface area contributed by atoms with E-state index in [-0.39, 0.29) is 29.9 Å². The lowest BCUT2D eigenvalue weighted by Gasteiger charge is -2.72. The highest BCUT2D eigenvalue weighted by Crippen LogP contribution is 2.84. The second kappa shape index (κ2) is 10.7. The zero-order chi connectivity index (χ0) is 45.8. The van der Waals surface area contributed by atoms with Crippen LogP contribution in [0.25, 0.3) is 5.57 Å². The van der Waals surface area contributed by atoms with Gasteiger partial charge in [-0.15, -0.1) is 0 Å². The molecule has 11 aliphatic heterocycles. The van der Waals surface area contributed by atoms with Crippen molar-refractivity contribution in [1.82, 2.24) is 19.4 Å². The van der Waals surface area contributed by atoms with Gasteiger partial charge >= 0.3 is 0 Å². The van der Waals surface area contributed by atoms with Gasteiger partial charge in [-0.2, -0.15) is 4.73 Å². The van der Waals surface area contributed by atoms with Crippen molar-refractivity contribution in [3.05, 3.63) is 63.7 Å². The van der Waals surface area contributed by atoms with Crippen LogP contribution in [0.2, 0.25) is 0 Å². The fourth-order valence-electron chi connectivity index (χ4n) is 19.6. The zero-order valence-electron chi connectivity index (χ0n) is 39.5.